The average Bonchev–Trinajstić information content (AvgIpc) is 2.69. The normalized spacial score (nSPS) is 10.8. The van der Waals surface area contributed by atoms with Gasteiger partial charge in [-0.3, -0.25) is 0 Å². The number of benzene rings is 1. The number of hydrogen-bond acceptors (Lipinski definition) is 5. The van der Waals surface area contributed by atoms with E-state index < -0.39 is 0 Å². The zero-order valence-electron chi connectivity index (χ0n) is 7.90. The molecule has 2 N–H and O–H groups in total. The monoisotopic (exact) mass is 243 g/mol. The second-order valence-electron chi connectivity index (χ2n) is 3.06. The van der Waals surface area contributed by atoms with Crippen LogP contribution in [0.25, 0.3) is 11.0 Å². The first-order chi connectivity index (χ1) is 7.33. The van der Waals surface area contributed by atoms with Crippen molar-refractivity contribution in [2.24, 2.45) is 0 Å². The van der Waals surface area contributed by atoms with Crippen LogP contribution in [0.5, 0.6) is 0 Å². The molecular weight excluding hydrogens is 234 g/mol. The van der Waals surface area contributed by atoms with Crippen LogP contribution in [-0.2, 0) is 0 Å². The van der Waals surface area contributed by atoms with Crippen LogP contribution in [0.1, 0.15) is 6.42 Å². The third-order valence-corrected chi connectivity index (χ3v) is 2.87. The lowest BCUT2D eigenvalue weighted by Gasteiger charge is -2.07. The molecule has 0 amide bonds. The Hall–Kier alpha value is -0.910. The van der Waals surface area contributed by atoms with Crippen LogP contribution in [0.4, 0.5) is 5.69 Å². The van der Waals surface area contributed by atoms with Crippen LogP contribution in [0.2, 0.25) is 5.02 Å². The number of halogens is 1. The van der Waals surface area contributed by atoms with Gasteiger partial charge in [0.25, 0.3) is 0 Å². The Morgan fingerprint density at radius 3 is 3.07 bits per heavy atom. The van der Waals surface area contributed by atoms with E-state index in [2.05, 4.69) is 14.1 Å². The van der Waals surface area contributed by atoms with E-state index >= 15 is 0 Å². The van der Waals surface area contributed by atoms with Crippen LogP contribution >= 0.6 is 23.3 Å². The smallest absolute Gasteiger partial charge is 0.129 e. The van der Waals surface area contributed by atoms with Gasteiger partial charge < -0.3 is 10.4 Å². The van der Waals surface area contributed by atoms with Crippen molar-refractivity contribution in [1.29, 1.82) is 0 Å². The molecule has 2 aromatic rings. The van der Waals surface area contributed by atoms with E-state index in [1.165, 1.54) is 11.7 Å². The van der Waals surface area contributed by atoms with Crippen molar-refractivity contribution < 1.29 is 5.11 Å². The molecule has 0 aliphatic rings. The van der Waals surface area contributed by atoms with E-state index in [1.807, 2.05) is 6.07 Å². The van der Waals surface area contributed by atoms with E-state index in [-0.39, 0.29) is 6.61 Å². The van der Waals surface area contributed by atoms with Gasteiger partial charge in [-0.05, 0) is 18.6 Å². The number of aliphatic hydroxyl groups is 1. The van der Waals surface area contributed by atoms with Crippen molar-refractivity contribution in [3.8, 4) is 0 Å². The maximum Gasteiger partial charge on any atom is 0.129 e. The molecular formula is C9H10ClN3OS. The van der Waals surface area contributed by atoms with Gasteiger partial charge in [0, 0.05) is 13.2 Å². The molecule has 0 bridgehead atoms. The molecule has 0 aliphatic heterocycles. The topological polar surface area (TPSA) is 58.0 Å². The maximum atomic E-state index is 8.69. The number of anilines is 1. The van der Waals surface area contributed by atoms with Crippen LogP contribution in [0.3, 0.4) is 0 Å². The summed E-state index contributed by atoms with van der Waals surface area (Å²) in [6.45, 7) is 0.836. The summed E-state index contributed by atoms with van der Waals surface area (Å²) in [7, 11) is 0. The fraction of sp³-hybridized carbons (Fsp3) is 0.333. The summed E-state index contributed by atoms with van der Waals surface area (Å²) >= 11 is 7.22. The molecule has 0 fully saturated rings. The van der Waals surface area contributed by atoms with E-state index in [0.29, 0.717) is 18.0 Å². The van der Waals surface area contributed by atoms with Crippen molar-refractivity contribution >= 4 is 40.0 Å². The number of rotatable bonds is 4. The fourth-order valence-electron chi connectivity index (χ4n) is 1.29. The molecule has 0 unspecified atom stereocenters. The highest BCUT2D eigenvalue weighted by atomic mass is 35.5. The Kier molecular flexibility index (Phi) is 3.35. The number of hydrogen-bond donors (Lipinski definition) is 2. The van der Waals surface area contributed by atoms with Crippen LogP contribution in [0, 0.1) is 0 Å². The highest BCUT2D eigenvalue weighted by Gasteiger charge is 2.08. The van der Waals surface area contributed by atoms with Crippen LogP contribution in [-0.4, -0.2) is 27.0 Å². The Balaban J connectivity index is 2.30. The summed E-state index contributed by atoms with van der Waals surface area (Å²) in [5, 5.41) is 12.5. The van der Waals surface area contributed by atoms with Gasteiger partial charge in [-0.2, -0.15) is 8.75 Å². The zero-order valence-corrected chi connectivity index (χ0v) is 9.48. The zero-order chi connectivity index (χ0) is 10.7. The lowest BCUT2D eigenvalue weighted by molar-refractivity contribution is 0.292. The third kappa shape index (κ3) is 2.19. The molecule has 15 heavy (non-hydrogen) atoms. The number of aromatic nitrogens is 2. The summed E-state index contributed by atoms with van der Waals surface area (Å²) in [5.74, 6) is 0. The number of nitrogens with one attached hydrogen (secondary N) is 1. The van der Waals surface area contributed by atoms with Crippen molar-refractivity contribution in [2.45, 2.75) is 6.42 Å². The predicted octanol–water partition coefficient (Wildman–Crippen LogP) is 2.14. The van der Waals surface area contributed by atoms with E-state index in [1.54, 1.807) is 6.07 Å². The van der Waals surface area contributed by atoms with E-state index in [9.17, 15) is 0 Å². The van der Waals surface area contributed by atoms with Gasteiger partial charge >= 0.3 is 0 Å². The molecule has 1 aromatic heterocycles. The lowest BCUT2D eigenvalue weighted by Crippen LogP contribution is -2.04. The molecule has 0 saturated heterocycles. The molecule has 0 saturated carbocycles. The molecule has 6 heteroatoms. The molecule has 2 rings (SSSR count). The van der Waals surface area contributed by atoms with Crippen molar-refractivity contribution in [1.82, 2.24) is 8.75 Å². The third-order valence-electron chi connectivity index (χ3n) is 2.01. The second kappa shape index (κ2) is 4.74. The van der Waals surface area contributed by atoms with Crippen LogP contribution in [0.15, 0.2) is 12.1 Å². The van der Waals surface area contributed by atoms with Gasteiger partial charge in [-0.25, -0.2) is 0 Å². The number of aliphatic hydroxyl groups excluding tert-OH is 1. The highest BCUT2D eigenvalue weighted by molar-refractivity contribution is 7.00. The summed E-state index contributed by atoms with van der Waals surface area (Å²) in [5.41, 5.74) is 2.44. The van der Waals surface area contributed by atoms with Gasteiger partial charge in [0.2, 0.25) is 0 Å². The minimum absolute atomic E-state index is 0.163. The Bertz CT molecular complexity index is 460. The molecule has 1 aromatic carbocycles. The molecule has 4 nitrogen and oxygen atoms in total. The fourth-order valence-corrected chi connectivity index (χ4v) is 2.05. The number of nitrogens with zero attached hydrogens (tertiary/aromatic N) is 2. The standard InChI is InChI=1S/C9H10ClN3OS/c10-6-2-3-7-9(13-15-12-7)8(6)11-4-1-5-14/h2-3,11,14H,1,4-5H2. The van der Waals surface area contributed by atoms with Gasteiger partial charge in [0.05, 0.1) is 22.4 Å². The summed E-state index contributed by atoms with van der Waals surface area (Å²) in [6, 6.07) is 3.64. The molecule has 0 aliphatic carbocycles. The Morgan fingerprint density at radius 2 is 2.27 bits per heavy atom. The molecule has 1 heterocycles. The molecule has 80 valence electrons. The minimum Gasteiger partial charge on any atom is -0.396 e. The van der Waals surface area contributed by atoms with Gasteiger partial charge in [0.15, 0.2) is 0 Å². The van der Waals surface area contributed by atoms with Gasteiger partial charge in [0.1, 0.15) is 11.0 Å². The molecule has 0 radical (unpaired) electrons. The second-order valence-corrected chi connectivity index (χ2v) is 3.99. The predicted molar refractivity (Wildman–Crippen MR) is 62.6 cm³/mol. The SMILES string of the molecule is OCCCNc1c(Cl)ccc2nsnc12. The first kappa shape index (κ1) is 10.6. The molecule has 0 spiro atoms. The van der Waals surface area contributed by atoms with E-state index in [4.69, 9.17) is 16.7 Å². The van der Waals surface area contributed by atoms with Gasteiger partial charge in [-0.1, -0.05) is 11.6 Å². The Morgan fingerprint density at radius 1 is 1.40 bits per heavy atom. The summed E-state index contributed by atoms with van der Waals surface area (Å²) in [4.78, 5) is 0. The Labute approximate surface area is 96.2 Å². The van der Waals surface area contributed by atoms with Crippen molar-refractivity contribution in [2.75, 3.05) is 18.5 Å². The highest BCUT2D eigenvalue weighted by Crippen LogP contribution is 2.29. The van der Waals surface area contributed by atoms with Crippen LogP contribution < -0.4 is 5.32 Å². The number of fused-ring (bicyclic) bond motifs is 1. The first-order valence-corrected chi connectivity index (χ1v) is 5.69. The lowest BCUT2D eigenvalue weighted by atomic mass is 10.2. The van der Waals surface area contributed by atoms with Gasteiger partial charge in [-0.15, -0.1) is 0 Å². The largest absolute Gasteiger partial charge is 0.396 e. The van der Waals surface area contributed by atoms with Crippen molar-refractivity contribution in [3.63, 3.8) is 0 Å². The minimum atomic E-state index is 0.163. The quantitative estimate of drug-likeness (QED) is 0.808. The van der Waals surface area contributed by atoms with E-state index in [0.717, 1.165) is 16.7 Å². The maximum absolute atomic E-state index is 8.69. The molecule has 0 atom stereocenters. The average molecular weight is 244 g/mol. The van der Waals surface area contributed by atoms with Crippen molar-refractivity contribution in [3.05, 3.63) is 17.2 Å². The summed E-state index contributed by atoms with van der Waals surface area (Å²) in [6.07, 6.45) is 0.685. The summed E-state index contributed by atoms with van der Waals surface area (Å²) < 4.78 is 8.31. The first-order valence-electron chi connectivity index (χ1n) is 4.58.